The fourth-order valence-electron chi connectivity index (χ4n) is 4.04. The molecule has 0 radical (unpaired) electrons. The predicted octanol–water partition coefficient (Wildman–Crippen LogP) is 3.04. The number of esters is 1. The molecule has 0 N–H and O–H groups in total. The highest BCUT2D eigenvalue weighted by molar-refractivity contribution is 6.06. The van der Waals surface area contributed by atoms with Crippen LogP contribution >= 0.6 is 0 Å². The number of hydrogen-bond acceptors (Lipinski definition) is 4. The second-order valence-electron chi connectivity index (χ2n) is 8.14. The van der Waals surface area contributed by atoms with E-state index in [-0.39, 0.29) is 18.7 Å². The van der Waals surface area contributed by atoms with Crippen LogP contribution in [-0.2, 0) is 9.53 Å². The van der Waals surface area contributed by atoms with Gasteiger partial charge in [-0.25, -0.2) is 18.0 Å². The molecule has 0 spiro atoms. The van der Waals surface area contributed by atoms with E-state index < -0.39 is 48.5 Å². The summed E-state index contributed by atoms with van der Waals surface area (Å²) in [6, 6.07) is 10.8. The molecule has 164 valence electrons. The smallest absolute Gasteiger partial charge is 0.344 e. The number of hydrogen-bond donors (Lipinski definition) is 0. The lowest BCUT2D eigenvalue weighted by molar-refractivity contribution is -0.173. The summed E-state index contributed by atoms with van der Waals surface area (Å²) in [5.74, 6) is -5.32. The number of fused-ring (bicyclic) bond motifs is 1. The number of cyclic esters (lactones) is 1. The molecule has 32 heavy (non-hydrogen) atoms. The van der Waals surface area contributed by atoms with Crippen molar-refractivity contribution in [2.75, 3.05) is 26.2 Å². The minimum Gasteiger partial charge on any atom is -0.422 e. The monoisotopic (exact) mass is 442 g/mol. The lowest BCUT2D eigenvalue weighted by Crippen LogP contribution is -2.64. The average molecular weight is 442 g/mol. The molecule has 0 saturated carbocycles. The van der Waals surface area contributed by atoms with Crippen molar-refractivity contribution < 1.29 is 32.3 Å². The Bertz CT molecular complexity index is 1180. The van der Waals surface area contributed by atoms with Gasteiger partial charge in [0.15, 0.2) is 0 Å². The zero-order valence-corrected chi connectivity index (χ0v) is 16.7. The molecule has 0 bridgehead atoms. The van der Waals surface area contributed by atoms with Crippen molar-refractivity contribution in [3.63, 3.8) is 0 Å². The third-order valence-corrected chi connectivity index (χ3v) is 5.81. The molecule has 0 atom stereocenters. The largest absolute Gasteiger partial charge is 0.422 e. The molecule has 3 aliphatic rings. The maximum atomic E-state index is 14.4. The number of carbonyl (C=O) groups is 3. The van der Waals surface area contributed by atoms with Gasteiger partial charge < -0.3 is 14.5 Å². The first-order chi connectivity index (χ1) is 15.2. The minimum atomic E-state index is -2.85. The molecule has 0 unspecified atom stereocenters. The summed E-state index contributed by atoms with van der Waals surface area (Å²) in [4.78, 5) is 39.3. The van der Waals surface area contributed by atoms with E-state index >= 15 is 0 Å². The first kappa shape index (κ1) is 20.3. The van der Waals surface area contributed by atoms with Crippen molar-refractivity contribution in [2.24, 2.45) is 5.92 Å². The molecular formula is C23H17F3N2O4. The van der Waals surface area contributed by atoms with Crippen LogP contribution in [-0.4, -0.2) is 59.7 Å². The van der Waals surface area contributed by atoms with Gasteiger partial charge in [0.25, 0.3) is 11.8 Å². The Labute approximate surface area is 180 Å². The molecular weight excluding hydrogens is 425 g/mol. The summed E-state index contributed by atoms with van der Waals surface area (Å²) in [5, 5.41) is 0. The Morgan fingerprint density at radius 1 is 1.03 bits per heavy atom. The van der Waals surface area contributed by atoms with Gasteiger partial charge in [-0.15, -0.1) is 0 Å². The molecule has 6 nitrogen and oxygen atoms in total. The lowest BCUT2D eigenvalue weighted by Gasteiger charge is -2.45. The van der Waals surface area contributed by atoms with E-state index in [0.29, 0.717) is 22.4 Å². The van der Waals surface area contributed by atoms with E-state index in [0.717, 1.165) is 11.0 Å². The molecule has 0 aromatic heterocycles. The minimum absolute atomic E-state index is 0.0511. The number of carbonyl (C=O) groups excluding carboxylic acids is 3. The predicted molar refractivity (Wildman–Crippen MR) is 107 cm³/mol. The first-order valence-electron chi connectivity index (χ1n) is 10.0. The Hall–Kier alpha value is -3.62. The van der Waals surface area contributed by atoms with Crippen LogP contribution in [0.1, 0.15) is 31.8 Å². The van der Waals surface area contributed by atoms with Crippen molar-refractivity contribution in [3.05, 3.63) is 70.5 Å². The van der Waals surface area contributed by atoms with Gasteiger partial charge in [-0.05, 0) is 29.8 Å². The Morgan fingerprint density at radius 3 is 2.41 bits per heavy atom. The zero-order valence-electron chi connectivity index (χ0n) is 16.7. The molecule has 3 aliphatic heterocycles. The van der Waals surface area contributed by atoms with Crippen LogP contribution in [0.2, 0.25) is 0 Å². The standard InChI is InChI=1S/C23H17F3N2O4/c24-18-6-5-13(8-19-15-3-1-2-4-16(15)22(31)32-19)7-17(18)21(30)27-9-14(10-27)20(29)28-11-23(25,26)12-28/h1-8,14H,9-12H2. The molecule has 0 aliphatic carbocycles. The normalized spacial score (nSPS) is 20.5. The van der Waals surface area contributed by atoms with E-state index in [9.17, 15) is 27.6 Å². The summed E-state index contributed by atoms with van der Waals surface area (Å²) in [6.45, 7) is -1.10. The SMILES string of the molecule is O=C1OC(=Cc2ccc(F)c(C(=O)N3CC(C(=O)N4CC(F)(F)C4)C3)c2)c2ccccc21. The summed E-state index contributed by atoms with van der Waals surface area (Å²) >= 11 is 0. The van der Waals surface area contributed by atoms with E-state index in [1.54, 1.807) is 30.3 Å². The number of alkyl halides is 2. The Kier molecular flexibility index (Phi) is 4.58. The fraction of sp³-hybridized carbons (Fsp3) is 0.261. The quantitative estimate of drug-likeness (QED) is 0.686. The number of rotatable bonds is 3. The molecule has 2 saturated heterocycles. The van der Waals surface area contributed by atoms with Crippen molar-refractivity contribution in [1.29, 1.82) is 0 Å². The summed E-state index contributed by atoms with van der Waals surface area (Å²) in [6.07, 6.45) is 1.55. The maximum absolute atomic E-state index is 14.4. The van der Waals surface area contributed by atoms with E-state index in [4.69, 9.17) is 4.74 Å². The molecule has 2 fully saturated rings. The second kappa shape index (κ2) is 7.22. The van der Waals surface area contributed by atoms with Crippen LogP contribution < -0.4 is 0 Å². The number of ether oxygens (including phenoxy) is 1. The van der Waals surface area contributed by atoms with E-state index in [1.807, 2.05) is 0 Å². The Balaban J connectivity index is 1.30. The van der Waals surface area contributed by atoms with Gasteiger partial charge in [-0.2, -0.15) is 0 Å². The van der Waals surface area contributed by atoms with Crippen molar-refractivity contribution in [2.45, 2.75) is 5.92 Å². The molecule has 2 aromatic rings. The van der Waals surface area contributed by atoms with Crippen molar-refractivity contribution in [3.8, 4) is 0 Å². The summed E-state index contributed by atoms with van der Waals surface area (Å²) in [5.41, 5.74) is 1.31. The van der Waals surface area contributed by atoms with Gasteiger partial charge in [0.05, 0.1) is 30.1 Å². The molecule has 9 heteroatoms. The van der Waals surface area contributed by atoms with Crippen LogP contribution in [0, 0.1) is 11.7 Å². The highest BCUT2D eigenvalue weighted by Crippen LogP contribution is 2.32. The van der Waals surface area contributed by atoms with Crippen LogP contribution in [0.3, 0.4) is 0 Å². The highest BCUT2D eigenvalue weighted by atomic mass is 19.3. The van der Waals surface area contributed by atoms with Crippen LogP contribution in [0.5, 0.6) is 0 Å². The molecule has 3 heterocycles. The van der Waals surface area contributed by atoms with Crippen molar-refractivity contribution >= 4 is 29.6 Å². The third kappa shape index (κ3) is 3.43. The average Bonchev–Trinajstić information content (AvgIpc) is 3.02. The van der Waals surface area contributed by atoms with Gasteiger partial charge in [0.2, 0.25) is 5.91 Å². The zero-order chi connectivity index (χ0) is 22.6. The number of likely N-dealkylation sites (tertiary alicyclic amines) is 2. The lowest BCUT2D eigenvalue weighted by atomic mass is 9.94. The fourth-order valence-corrected chi connectivity index (χ4v) is 4.04. The number of amides is 2. The van der Waals surface area contributed by atoms with E-state index in [2.05, 4.69) is 0 Å². The third-order valence-electron chi connectivity index (χ3n) is 5.81. The maximum Gasteiger partial charge on any atom is 0.344 e. The van der Waals surface area contributed by atoms with Crippen LogP contribution in [0.15, 0.2) is 42.5 Å². The topological polar surface area (TPSA) is 66.9 Å². The van der Waals surface area contributed by atoms with Gasteiger partial charge in [0.1, 0.15) is 11.6 Å². The van der Waals surface area contributed by atoms with Gasteiger partial charge >= 0.3 is 5.97 Å². The van der Waals surface area contributed by atoms with E-state index in [1.165, 1.54) is 17.0 Å². The van der Waals surface area contributed by atoms with Gasteiger partial charge in [-0.3, -0.25) is 9.59 Å². The Morgan fingerprint density at radius 2 is 1.72 bits per heavy atom. The molecule has 2 aromatic carbocycles. The number of halogens is 3. The highest BCUT2D eigenvalue weighted by Gasteiger charge is 2.49. The molecule has 5 rings (SSSR count). The second-order valence-corrected chi connectivity index (χ2v) is 8.14. The first-order valence-corrected chi connectivity index (χ1v) is 10.0. The number of benzene rings is 2. The summed E-state index contributed by atoms with van der Waals surface area (Å²) in [7, 11) is 0. The van der Waals surface area contributed by atoms with Crippen LogP contribution in [0.4, 0.5) is 13.2 Å². The van der Waals surface area contributed by atoms with Crippen LogP contribution in [0.25, 0.3) is 11.8 Å². The number of nitrogens with zero attached hydrogens (tertiary/aromatic N) is 2. The van der Waals surface area contributed by atoms with Crippen molar-refractivity contribution in [1.82, 2.24) is 9.80 Å². The molecule has 2 amide bonds. The van der Waals surface area contributed by atoms with Gasteiger partial charge in [-0.1, -0.05) is 24.3 Å². The summed E-state index contributed by atoms with van der Waals surface area (Å²) < 4.78 is 45.6. The van der Waals surface area contributed by atoms with Gasteiger partial charge in [0, 0.05) is 18.7 Å².